The lowest BCUT2D eigenvalue weighted by atomic mass is 9.99. The summed E-state index contributed by atoms with van der Waals surface area (Å²) in [5.41, 5.74) is 5.14. The van der Waals surface area contributed by atoms with Crippen LogP contribution in [0, 0.1) is 13.8 Å². The van der Waals surface area contributed by atoms with Crippen LogP contribution in [0.3, 0.4) is 0 Å². The molecule has 0 aliphatic heterocycles. The second-order valence-corrected chi connectivity index (χ2v) is 7.55. The summed E-state index contributed by atoms with van der Waals surface area (Å²) in [5, 5.41) is 18.9. The highest BCUT2D eigenvalue weighted by atomic mass is 16.3. The van der Waals surface area contributed by atoms with Crippen LogP contribution in [-0.4, -0.2) is 10.2 Å². The Morgan fingerprint density at radius 1 is 0.538 bits per heavy atom. The zero-order valence-electron chi connectivity index (χ0n) is 16.4. The third-order valence-electron chi connectivity index (χ3n) is 5.29. The number of aromatic hydroxyl groups is 2. The average molecular weight is 355 g/mol. The van der Waals surface area contributed by atoms with Crippen molar-refractivity contribution in [3.63, 3.8) is 0 Å². The first-order valence-electron chi connectivity index (χ1n) is 10.1. The lowest BCUT2D eigenvalue weighted by molar-refractivity contribution is 0.474. The van der Waals surface area contributed by atoms with E-state index in [-0.39, 0.29) is 0 Å². The molecule has 0 radical (unpaired) electrons. The van der Waals surface area contributed by atoms with E-state index in [2.05, 4.69) is 26.0 Å². The van der Waals surface area contributed by atoms with Gasteiger partial charge >= 0.3 is 0 Å². The summed E-state index contributed by atoms with van der Waals surface area (Å²) in [4.78, 5) is 0. The minimum Gasteiger partial charge on any atom is -0.508 e. The maximum atomic E-state index is 9.45. The Labute approximate surface area is 158 Å². The molecule has 0 amide bonds. The zero-order valence-corrected chi connectivity index (χ0v) is 16.4. The summed E-state index contributed by atoms with van der Waals surface area (Å²) in [6.45, 7) is 4.16. The highest BCUT2D eigenvalue weighted by Gasteiger charge is 2.01. The van der Waals surface area contributed by atoms with Crippen LogP contribution in [0.4, 0.5) is 0 Å². The summed E-state index contributed by atoms with van der Waals surface area (Å²) >= 11 is 0. The maximum absolute atomic E-state index is 9.45. The van der Waals surface area contributed by atoms with Crippen LogP contribution >= 0.6 is 0 Å². The Bertz CT molecular complexity index is 616. The van der Waals surface area contributed by atoms with Gasteiger partial charge in [0.05, 0.1) is 0 Å². The number of unbranched alkanes of at least 4 members (excludes halogenated alkanes) is 7. The molecule has 0 heterocycles. The van der Waals surface area contributed by atoms with Gasteiger partial charge in [-0.1, -0.05) is 50.7 Å². The maximum Gasteiger partial charge on any atom is 0.115 e. The van der Waals surface area contributed by atoms with Gasteiger partial charge in [-0.3, -0.25) is 0 Å². The first-order chi connectivity index (χ1) is 12.6. The number of aryl methyl sites for hydroxylation is 4. The normalized spacial score (nSPS) is 11.0. The van der Waals surface area contributed by atoms with Crippen LogP contribution in [0.2, 0.25) is 0 Å². The molecule has 2 aromatic carbocycles. The fraction of sp³-hybridized carbons (Fsp3) is 0.500. The van der Waals surface area contributed by atoms with Crippen molar-refractivity contribution in [1.82, 2.24) is 0 Å². The predicted octanol–water partition coefficient (Wildman–Crippen LogP) is 6.62. The lowest BCUT2D eigenvalue weighted by Crippen LogP contribution is -1.91. The molecule has 0 atom stereocenters. The fourth-order valence-corrected chi connectivity index (χ4v) is 3.61. The number of rotatable bonds is 11. The molecular weight excluding hydrogens is 320 g/mol. The van der Waals surface area contributed by atoms with Crippen molar-refractivity contribution in [3.8, 4) is 11.5 Å². The van der Waals surface area contributed by atoms with E-state index < -0.39 is 0 Å². The molecule has 0 spiro atoms. The van der Waals surface area contributed by atoms with Crippen LogP contribution in [0.5, 0.6) is 11.5 Å². The van der Waals surface area contributed by atoms with Gasteiger partial charge in [-0.05, 0) is 86.1 Å². The molecule has 2 nitrogen and oxygen atoms in total. The second-order valence-electron chi connectivity index (χ2n) is 7.55. The number of hydrogen-bond acceptors (Lipinski definition) is 2. The zero-order chi connectivity index (χ0) is 18.8. The number of benzene rings is 2. The highest BCUT2D eigenvalue weighted by Crippen LogP contribution is 2.20. The molecule has 2 rings (SSSR count). The van der Waals surface area contributed by atoms with Crippen LogP contribution in [0.1, 0.15) is 73.6 Å². The molecule has 0 bridgehead atoms. The molecule has 0 saturated heterocycles. The van der Waals surface area contributed by atoms with Gasteiger partial charge in [-0.15, -0.1) is 0 Å². The quantitative estimate of drug-likeness (QED) is 0.445. The van der Waals surface area contributed by atoms with Gasteiger partial charge in [0.1, 0.15) is 11.5 Å². The lowest BCUT2D eigenvalue weighted by Gasteiger charge is -2.07. The van der Waals surface area contributed by atoms with Crippen molar-refractivity contribution in [2.75, 3.05) is 0 Å². The summed E-state index contributed by atoms with van der Waals surface area (Å²) in [6, 6.07) is 11.4. The Morgan fingerprint density at radius 2 is 0.885 bits per heavy atom. The molecule has 2 N–H and O–H groups in total. The molecule has 0 unspecified atom stereocenters. The van der Waals surface area contributed by atoms with Gasteiger partial charge in [-0.2, -0.15) is 0 Å². The Kier molecular flexibility index (Phi) is 8.53. The smallest absolute Gasteiger partial charge is 0.115 e. The van der Waals surface area contributed by atoms with Crippen molar-refractivity contribution >= 4 is 0 Å². The van der Waals surface area contributed by atoms with E-state index in [4.69, 9.17) is 0 Å². The fourth-order valence-electron chi connectivity index (χ4n) is 3.61. The van der Waals surface area contributed by atoms with Crippen LogP contribution < -0.4 is 0 Å². The van der Waals surface area contributed by atoms with Gasteiger partial charge in [0, 0.05) is 0 Å². The van der Waals surface area contributed by atoms with Crippen LogP contribution in [0.25, 0.3) is 0 Å². The molecule has 26 heavy (non-hydrogen) atoms. The van der Waals surface area contributed by atoms with E-state index in [9.17, 15) is 10.2 Å². The monoisotopic (exact) mass is 354 g/mol. The van der Waals surface area contributed by atoms with E-state index >= 15 is 0 Å². The van der Waals surface area contributed by atoms with E-state index in [0.717, 1.165) is 12.8 Å². The van der Waals surface area contributed by atoms with Crippen molar-refractivity contribution in [2.24, 2.45) is 0 Å². The first-order valence-corrected chi connectivity index (χ1v) is 10.1. The molecule has 0 fully saturated rings. The van der Waals surface area contributed by atoms with Gasteiger partial charge in [0.15, 0.2) is 0 Å². The van der Waals surface area contributed by atoms with Gasteiger partial charge in [-0.25, -0.2) is 0 Å². The van der Waals surface area contributed by atoms with Gasteiger partial charge < -0.3 is 10.2 Å². The SMILES string of the molecule is Cc1cc(O)ccc1CCCCCCCCCCc1ccc(O)cc1C. The summed E-state index contributed by atoms with van der Waals surface area (Å²) in [5.74, 6) is 0.735. The minimum atomic E-state index is 0.367. The van der Waals surface area contributed by atoms with E-state index in [1.54, 1.807) is 12.1 Å². The second kappa shape index (κ2) is 10.9. The molecule has 0 aromatic heterocycles. The Balaban J connectivity index is 1.47. The molecule has 0 aliphatic rings. The van der Waals surface area contributed by atoms with Crippen molar-refractivity contribution in [1.29, 1.82) is 0 Å². The van der Waals surface area contributed by atoms with E-state index in [1.807, 2.05) is 12.1 Å². The van der Waals surface area contributed by atoms with E-state index in [1.165, 1.54) is 73.6 Å². The van der Waals surface area contributed by atoms with Crippen molar-refractivity contribution in [2.45, 2.75) is 78.1 Å². The van der Waals surface area contributed by atoms with Crippen molar-refractivity contribution < 1.29 is 10.2 Å². The number of phenolic OH excluding ortho intramolecular Hbond substituents is 2. The number of hydrogen-bond donors (Lipinski definition) is 2. The summed E-state index contributed by atoms with van der Waals surface area (Å²) in [7, 11) is 0. The molecular formula is C24H34O2. The Morgan fingerprint density at radius 3 is 1.23 bits per heavy atom. The standard InChI is InChI=1S/C24H34O2/c1-19-17-23(25)15-13-21(19)11-9-7-5-3-4-6-8-10-12-22-14-16-24(26)18-20(22)2/h13-18,25-26H,3-12H2,1-2H3. The summed E-state index contributed by atoms with van der Waals surface area (Å²) < 4.78 is 0. The molecule has 2 heteroatoms. The number of phenols is 2. The first kappa shape index (κ1) is 20.4. The molecule has 2 aromatic rings. The minimum absolute atomic E-state index is 0.367. The highest BCUT2D eigenvalue weighted by molar-refractivity contribution is 5.34. The third-order valence-corrected chi connectivity index (χ3v) is 5.29. The average Bonchev–Trinajstić information content (AvgIpc) is 2.59. The summed E-state index contributed by atoms with van der Waals surface area (Å²) in [6.07, 6.45) is 12.7. The largest absolute Gasteiger partial charge is 0.508 e. The molecule has 142 valence electrons. The topological polar surface area (TPSA) is 40.5 Å². The Hall–Kier alpha value is -1.96. The van der Waals surface area contributed by atoms with Crippen LogP contribution in [-0.2, 0) is 12.8 Å². The predicted molar refractivity (Wildman–Crippen MR) is 110 cm³/mol. The van der Waals surface area contributed by atoms with Gasteiger partial charge in [0.25, 0.3) is 0 Å². The third kappa shape index (κ3) is 7.11. The van der Waals surface area contributed by atoms with Crippen LogP contribution in [0.15, 0.2) is 36.4 Å². The molecule has 0 aliphatic carbocycles. The molecule has 0 saturated carbocycles. The van der Waals surface area contributed by atoms with Crippen molar-refractivity contribution in [3.05, 3.63) is 58.7 Å². The van der Waals surface area contributed by atoms with Gasteiger partial charge in [0.2, 0.25) is 0 Å². The van der Waals surface area contributed by atoms with E-state index in [0.29, 0.717) is 11.5 Å².